The Bertz CT molecular complexity index is 641. The highest BCUT2D eigenvalue weighted by molar-refractivity contribution is 6.28. The molecule has 10 heteroatoms. The van der Waals surface area contributed by atoms with Crippen LogP contribution in [-0.4, -0.2) is 30.8 Å². The molecule has 2 aromatic rings. The van der Waals surface area contributed by atoms with Crippen molar-refractivity contribution in [3.8, 4) is 5.82 Å². The second kappa shape index (κ2) is 4.50. The molecule has 0 unspecified atom stereocenters. The van der Waals surface area contributed by atoms with Crippen LogP contribution in [0.4, 0.5) is 13.2 Å². The number of pyridine rings is 1. The van der Waals surface area contributed by atoms with Crippen LogP contribution in [0, 0.1) is 0 Å². The minimum atomic E-state index is -4.70. The van der Waals surface area contributed by atoms with Gasteiger partial charge >= 0.3 is 12.1 Å². The molecule has 0 saturated carbocycles. The summed E-state index contributed by atoms with van der Waals surface area (Å²) in [4.78, 5) is 17.7. The Morgan fingerprint density at radius 3 is 2.53 bits per heavy atom. The summed E-state index contributed by atoms with van der Waals surface area (Å²) in [6, 6.07) is 1.37. The van der Waals surface area contributed by atoms with Gasteiger partial charge < -0.3 is 5.11 Å². The lowest BCUT2D eigenvalue weighted by Crippen LogP contribution is -2.14. The van der Waals surface area contributed by atoms with E-state index in [2.05, 4.69) is 15.1 Å². The molecule has 0 atom stereocenters. The number of carboxylic acid groups (broad SMARTS) is 1. The molecule has 0 aliphatic rings. The van der Waals surface area contributed by atoms with Crippen molar-refractivity contribution in [3.63, 3.8) is 0 Å². The van der Waals surface area contributed by atoms with Crippen LogP contribution >= 0.6 is 11.6 Å². The van der Waals surface area contributed by atoms with Crippen LogP contribution in [0.15, 0.2) is 18.5 Å². The first-order valence-electron chi connectivity index (χ1n) is 4.68. The molecule has 0 spiro atoms. The molecule has 2 aromatic heterocycles. The lowest BCUT2D eigenvalue weighted by atomic mass is 10.2. The number of carbonyl (C=O) groups is 1. The highest BCUT2D eigenvalue weighted by atomic mass is 35.5. The van der Waals surface area contributed by atoms with Gasteiger partial charge in [0.15, 0.2) is 5.82 Å². The molecule has 2 heterocycles. The fraction of sp³-hybridized carbons (Fsp3) is 0.111. The lowest BCUT2D eigenvalue weighted by Gasteiger charge is -2.09. The Labute approximate surface area is 108 Å². The zero-order chi connectivity index (χ0) is 14.2. The summed E-state index contributed by atoms with van der Waals surface area (Å²) in [6.07, 6.45) is -3.73. The van der Waals surface area contributed by atoms with Crippen molar-refractivity contribution in [2.24, 2.45) is 0 Å². The third-order valence-electron chi connectivity index (χ3n) is 2.08. The molecular formula is C9H4ClF3N4O2. The van der Waals surface area contributed by atoms with E-state index in [0.29, 0.717) is 6.07 Å². The maximum atomic E-state index is 12.5. The molecule has 0 saturated heterocycles. The van der Waals surface area contributed by atoms with Gasteiger partial charge in [0.25, 0.3) is 0 Å². The standard InChI is InChI=1S/C9H4ClF3N4O2/c10-8-14-3-17(16-8)6-4(7(18)19)1-2-5(15-6)9(11,12)13/h1-3H,(H,18,19). The zero-order valence-electron chi connectivity index (χ0n) is 8.89. The SMILES string of the molecule is O=C(O)c1ccc(C(F)(F)F)nc1-n1cnc(Cl)n1. The lowest BCUT2D eigenvalue weighted by molar-refractivity contribution is -0.141. The highest BCUT2D eigenvalue weighted by Gasteiger charge is 2.34. The second-order valence-electron chi connectivity index (χ2n) is 3.33. The van der Waals surface area contributed by atoms with Crippen molar-refractivity contribution >= 4 is 17.6 Å². The first-order valence-corrected chi connectivity index (χ1v) is 5.06. The van der Waals surface area contributed by atoms with E-state index in [9.17, 15) is 18.0 Å². The van der Waals surface area contributed by atoms with Crippen LogP contribution in [0.5, 0.6) is 0 Å². The van der Waals surface area contributed by atoms with Gasteiger partial charge in [-0.15, -0.1) is 5.10 Å². The van der Waals surface area contributed by atoms with Crippen molar-refractivity contribution < 1.29 is 23.1 Å². The number of hydrogen-bond donors (Lipinski definition) is 1. The number of alkyl halides is 3. The molecule has 0 aromatic carbocycles. The summed E-state index contributed by atoms with van der Waals surface area (Å²) < 4.78 is 38.4. The van der Waals surface area contributed by atoms with E-state index >= 15 is 0 Å². The maximum Gasteiger partial charge on any atom is 0.433 e. The topological polar surface area (TPSA) is 80.9 Å². The third kappa shape index (κ3) is 2.65. The molecule has 0 aliphatic heterocycles. The summed E-state index contributed by atoms with van der Waals surface area (Å²) in [5.74, 6) is -1.95. The maximum absolute atomic E-state index is 12.5. The summed E-state index contributed by atoms with van der Waals surface area (Å²) in [6.45, 7) is 0. The number of aromatic carboxylic acids is 1. The van der Waals surface area contributed by atoms with Crippen molar-refractivity contribution in [2.75, 3.05) is 0 Å². The fourth-order valence-electron chi connectivity index (χ4n) is 1.29. The van der Waals surface area contributed by atoms with E-state index in [0.717, 1.165) is 17.1 Å². The van der Waals surface area contributed by atoms with E-state index in [-0.39, 0.29) is 5.28 Å². The Morgan fingerprint density at radius 1 is 1.37 bits per heavy atom. The Balaban J connectivity index is 2.64. The molecule has 0 fully saturated rings. The van der Waals surface area contributed by atoms with E-state index in [1.165, 1.54) is 0 Å². The molecule has 100 valence electrons. The zero-order valence-corrected chi connectivity index (χ0v) is 9.64. The number of hydrogen-bond acceptors (Lipinski definition) is 4. The summed E-state index contributed by atoms with van der Waals surface area (Å²) in [5.41, 5.74) is -1.69. The fourth-order valence-corrected chi connectivity index (χ4v) is 1.42. The molecule has 6 nitrogen and oxygen atoms in total. The smallest absolute Gasteiger partial charge is 0.433 e. The second-order valence-corrected chi connectivity index (χ2v) is 3.67. The van der Waals surface area contributed by atoms with Crippen molar-refractivity contribution in [3.05, 3.63) is 35.0 Å². The van der Waals surface area contributed by atoms with Gasteiger partial charge in [-0.25, -0.2) is 19.4 Å². The molecular weight excluding hydrogens is 289 g/mol. The van der Waals surface area contributed by atoms with E-state index in [1.54, 1.807) is 0 Å². The quantitative estimate of drug-likeness (QED) is 0.916. The first kappa shape index (κ1) is 13.3. The van der Waals surface area contributed by atoms with Crippen LogP contribution in [0.25, 0.3) is 5.82 Å². The molecule has 0 bridgehead atoms. The van der Waals surface area contributed by atoms with Gasteiger partial charge in [-0.3, -0.25) is 0 Å². The van der Waals surface area contributed by atoms with Crippen LogP contribution in [-0.2, 0) is 6.18 Å². The van der Waals surface area contributed by atoms with Crippen LogP contribution in [0.1, 0.15) is 16.1 Å². The van der Waals surface area contributed by atoms with Crippen LogP contribution in [0.3, 0.4) is 0 Å². The Morgan fingerprint density at radius 2 is 2.05 bits per heavy atom. The Kier molecular flexibility index (Phi) is 3.14. The van der Waals surface area contributed by atoms with Gasteiger partial charge in [-0.05, 0) is 23.7 Å². The van der Waals surface area contributed by atoms with Crippen LogP contribution in [0.2, 0.25) is 5.28 Å². The van der Waals surface area contributed by atoms with Crippen molar-refractivity contribution in [2.45, 2.75) is 6.18 Å². The van der Waals surface area contributed by atoms with E-state index < -0.39 is 29.2 Å². The van der Waals surface area contributed by atoms with Gasteiger partial charge in [0.1, 0.15) is 17.6 Å². The molecule has 0 aliphatic carbocycles. The summed E-state index contributed by atoms with van der Waals surface area (Å²) in [7, 11) is 0. The predicted octanol–water partition coefficient (Wildman–Crippen LogP) is 2.03. The van der Waals surface area contributed by atoms with Gasteiger partial charge in [0.2, 0.25) is 5.28 Å². The minimum Gasteiger partial charge on any atom is -0.478 e. The molecule has 1 N–H and O–H groups in total. The van der Waals surface area contributed by atoms with Crippen molar-refractivity contribution in [1.29, 1.82) is 0 Å². The number of rotatable bonds is 2. The number of aromatic nitrogens is 4. The molecule has 0 radical (unpaired) electrons. The third-order valence-corrected chi connectivity index (χ3v) is 2.25. The largest absolute Gasteiger partial charge is 0.478 e. The average molecular weight is 293 g/mol. The van der Waals surface area contributed by atoms with E-state index in [1.807, 2.05) is 0 Å². The summed E-state index contributed by atoms with van der Waals surface area (Å²) in [5, 5.41) is 12.2. The normalized spacial score (nSPS) is 11.6. The first-order chi connectivity index (χ1) is 8.79. The predicted molar refractivity (Wildman–Crippen MR) is 56.1 cm³/mol. The highest BCUT2D eigenvalue weighted by Crippen LogP contribution is 2.29. The monoisotopic (exact) mass is 292 g/mol. The van der Waals surface area contributed by atoms with Gasteiger partial charge in [0, 0.05) is 0 Å². The average Bonchev–Trinajstić information content (AvgIpc) is 2.73. The Hall–Kier alpha value is -2.16. The van der Waals surface area contributed by atoms with Crippen LogP contribution < -0.4 is 0 Å². The van der Waals surface area contributed by atoms with Gasteiger partial charge in [0.05, 0.1) is 0 Å². The number of halogens is 4. The molecule has 19 heavy (non-hydrogen) atoms. The molecule has 0 amide bonds. The van der Waals surface area contributed by atoms with E-state index in [4.69, 9.17) is 16.7 Å². The van der Waals surface area contributed by atoms with Gasteiger partial charge in [-0.1, -0.05) is 0 Å². The van der Waals surface area contributed by atoms with Crippen molar-refractivity contribution in [1.82, 2.24) is 19.7 Å². The number of carboxylic acids is 1. The van der Waals surface area contributed by atoms with Gasteiger partial charge in [-0.2, -0.15) is 13.2 Å². The number of nitrogens with zero attached hydrogens (tertiary/aromatic N) is 4. The molecule has 2 rings (SSSR count). The minimum absolute atomic E-state index is 0.240. The summed E-state index contributed by atoms with van der Waals surface area (Å²) >= 11 is 5.43.